The molecule has 0 amide bonds. The van der Waals surface area contributed by atoms with Gasteiger partial charge in [0.1, 0.15) is 11.0 Å². The van der Waals surface area contributed by atoms with Crippen LogP contribution in [0.15, 0.2) is 95.5 Å². The Kier molecular flexibility index (Phi) is 7.15. The first-order valence-corrected chi connectivity index (χ1v) is 14.9. The molecule has 194 valence electrons. The molecule has 1 aromatic heterocycles. The molecule has 1 aliphatic rings. The molecule has 0 aliphatic carbocycles. The Hall–Kier alpha value is -3.43. The summed E-state index contributed by atoms with van der Waals surface area (Å²) in [7, 11) is -3.29. The van der Waals surface area contributed by atoms with Crippen LogP contribution in [0.1, 0.15) is 23.6 Å². The molecule has 38 heavy (non-hydrogen) atoms. The molecule has 2 heterocycles. The highest BCUT2D eigenvalue weighted by molar-refractivity contribution is 8.03. The molecule has 0 spiro atoms. The van der Waals surface area contributed by atoms with E-state index in [0.29, 0.717) is 5.56 Å². The topological polar surface area (TPSA) is 99.5 Å². The number of aliphatic hydroxyl groups excluding tert-OH is 1. The SMILES string of the molecule is CC(O)(CO)c1cc(-c2cccc(/C=C(/c3ccc(S(C)(=O)=O)cc3)C3NC=CS3)c2)c2ncccc2c1. The van der Waals surface area contributed by atoms with Crippen LogP contribution in [0, 0.1) is 0 Å². The maximum absolute atomic E-state index is 12.0. The fourth-order valence-corrected chi connectivity index (χ4v) is 5.89. The summed E-state index contributed by atoms with van der Waals surface area (Å²) in [4.78, 5) is 4.89. The molecule has 0 saturated heterocycles. The van der Waals surface area contributed by atoms with E-state index in [2.05, 4.69) is 22.4 Å². The number of fused-ring (bicyclic) bond motifs is 1. The van der Waals surface area contributed by atoms with Crippen LogP contribution in [-0.4, -0.2) is 41.9 Å². The molecule has 5 rings (SSSR count). The number of aromatic nitrogens is 1. The van der Waals surface area contributed by atoms with E-state index in [1.807, 2.05) is 66.2 Å². The lowest BCUT2D eigenvalue weighted by molar-refractivity contribution is -0.00214. The van der Waals surface area contributed by atoms with Crippen molar-refractivity contribution in [3.63, 3.8) is 0 Å². The van der Waals surface area contributed by atoms with Gasteiger partial charge in [-0.2, -0.15) is 0 Å². The summed E-state index contributed by atoms with van der Waals surface area (Å²) in [6, 6.07) is 22.6. The van der Waals surface area contributed by atoms with Gasteiger partial charge in [0.15, 0.2) is 9.84 Å². The number of nitrogens with one attached hydrogen (secondary N) is 1. The Morgan fingerprint density at radius 3 is 2.58 bits per heavy atom. The Labute approximate surface area is 226 Å². The lowest BCUT2D eigenvalue weighted by Gasteiger charge is -2.22. The van der Waals surface area contributed by atoms with Gasteiger partial charge in [-0.1, -0.05) is 36.4 Å². The van der Waals surface area contributed by atoms with Crippen LogP contribution >= 0.6 is 11.8 Å². The van der Waals surface area contributed by atoms with E-state index in [1.165, 1.54) is 6.26 Å². The molecule has 2 atom stereocenters. The van der Waals surface area contributed by atoms with Gasteiger partial charge in [-0.3, -0.25) is 4.98 Å². The zero-order chi connectivity index (χ0) is 26.9. The summed E-state index contributed by atoms with van der Waals surface area (Å²) in [5.41, 5.74) is 4.70. The first-order valence-electron chi connectivity index (χ1n) is 12.1. The average molecular weight is 545 g/mol. The second kappa shape index (κ2) is 10.4. The van der Waals surface area contributed by atoms with Gasteiger partial charge >= 0.3 is 0 Å². The van der Waals surface area contributed by atoms with Crippen molar-refractivity contribution >= 4 is 44.2 Å². The summed E-state index contributed by atoms with van der Waals surface area (Å²) in [5, 5.41) is 26.8. The zero-order valence-corrected chi connectivity index (χ0v) is 22.6. The summed E-state index contributed by atoms with van der Waals surface area (Å²) >= 11 is 1.64. The quantitative estimate of drug-likeness (QED) is 0.276. The summed E-state index contributed by atoms with van der Waals surface area (Å²) in [6.45, 7) is 1.19. The molecular formula is C30H28N2O4S2. The molecule has 4 aromatic rings. The minimum absolute atomic E-state index is 0.0202. The third-order valence-corrected chi connectivity index (χ3v) is 8.67. The lowest BCUT2D eigenvalue weighted by Crippen LogP contribution is -2.25. The molecule has 0 fully saturated rings. The van der Waals surface area contributed by atoms with Crippen molar-refractivity contribution in [3.8, 4) is 11.1 Å². The van der Waals surface area contributed by atoms with E-state index < -0.39 is 22.0 Å². The number of benzene rings is 3. The monoisotopic (exact) mass is 544 g/mol. The first kappa shape index (κ1) is 26.2. The number of hydrogen-bond donors (Lipinski definition) is 3. The number of thioether (sulfide) groups is 1. The molecule has 6 nitrogen and oxygen atoms in total. The predicted molar refractivity (Wildman–Crippen MR) is 155 cm³/mol. The number of hydrogen-bond acceptors (Lipinski definition) is 7. The highest BCUT2D eigenvalue weighted by atomic mass is 32.2. The molecule has 0 bridgehead atoms. The van der Waals surface area contributed by atoms with Crippen LogP contribution in [0.3, 0.4) is 0 Å². The molecule has 1 aliphatic heterocycles. The largest absolute Gasteiger partial charge is 0.393 e. The smallest absolute Gasteiger partial charge is 0.175 e. The van der Waals surface area contributed by atoms with Crippen molar-refractivity contribution in [2.24, 2.45) is 0 Å². The van der Waals surface area contributed by atoms with Crippen molar-refractivity contribution in [1.82, 2.24) is 10.3 Å². The zero-order valence-electron chi connectivity index (χ0n) is 21.0. The van der Waals surface area contributed by atoms with Crippen LogP contribution in [0.5, 0.6) is 0 Å². The van der Waals surface area contributed by atoms with Crippen LogP contribution in [0.2, 0.25) is 0 Å². The van der Waals surface area contributed by atoms with E-state index in [9.17, 15) is 18.6 Å². The standard InChI is InChI=1S/C30H28N2O4S2/c1-30(34,19-33)24-17-23-7-4-12-31-28(23)26(18-24)22-6-3-5-20(15-22)16-27(29-32-13-14-37-29)21-8-10-25(11-9-21)38(2,35)36/h3-18,29,32-34H,19H2,1-2H3/b27-16-. The Morgan fingerprint density at radius 1 is 1.11 bits per heavy atom. The van der Waals surface area contributed by atoms with Crippen LogP contribution in [0.25, 0.3) is 33.7 Å². The number of pyridine rings is 1. The molecule has 8 heteroatoms. The second-order valence-electron chi connectivity index (χ2n) is 9.54. The van der Waals surface area contributed by atoms with E-state index >= 15 is 0 Å². The van der Waals surface area contributed by atoms with Crippen molar-refractivity contribution in [3.05, 3.63) is 107 Å². The van der Waals surface area contributed by atoms with Crippen molar-refractivity contribution in [1.29, 1.82) is 0 Å². The van der Waals surface area contributed by atoms with Gasteiger partial charge < -0.3 is 15.5 Å². The minimum atomic E-state index is -3.29. The molecule has 2 unspecified atom stereocenters. The van der Waals surface area contributed by atoms with Gasteiger partial charge in [0, 0.05) is 29.6 Å². The number of nitrogens with zero attached hydrogens (tertiary/aromatic N) is 1. The molecule has 0 saturated carbocycles. The van der Waals surface area contributed by atoms with Crippen molar-refractivity contribution in [2.45, 2.75) is 22.8 Å². The number of rotatable bonds is 7. The van der Waals surface area contributed by atoms with Gasteiger partial charge in [-0.15, -0.1) is 11.8 Å². The van der Waals surface area contributed by atoms with Crippen LogP contribution < -0.4 is 5.32 Å². The van der Waals surface area contributed by atoms with E-state index in [-0.39, 0.29) is 10.3 Å². The highest BCUT2D eigenvalue weighted by Gasteiger charge is 2.24. The van der Waals surface area contributed by atoms with Crippen LogP contribution in [0.4, 0.5) is 0 Å². The lowest BCUT2D eigenvalue weighted by atomic mass is 9.90. The van der Waals surface area contributed by atoms with Crippen molar-refractivity contribution < 1.29 is 18.6 Å². The Balaban J connectivity index is 1.62. The molecule has 0 radical (unpaired) electrons. The Morgan fingerprint density at radius 2 is 1.89 bits per heavy atom. The fourth-order valence-electron chi connectivity index (χ4n) is 4.44. The third-order valence-electron chi connectivity index (χ3n) is 6.58. The first-order chi connectivity index (χ1) is 18.2. The maximum atomic E-state index is 12.0. The molecule has 3 N–H and O–H groups in total. The molecular weight excluding hydrogens is 516 g/mol. The predicted octanol–water partition coefficient (Wildman–Crippen LogP) is 5.18. The number of aliphatic hydroxyl groups is 2. The van der Waals surface area contributed by atoms with E-state index in [0.717, 1.165) is 38.7 Å². The second-order valence-corrected chi connectivity index (χ2v) is 12.6. The number of sulfone groups is 1. The van der Waals surface area contributed by atoms with Gasteiger partial charge in [0.2, 0.25) is 0 Å². The fraction of sp³-hybridized carbons (Fsp3) is 0.167. The van der Waals surface area contributed by atoms with Gasteiger partial charge in [0.05, 0.1) is 17.0 Å². The normalized spacial score (nSPS) is 17.4. The van der Waals surface area contributed by atoms with Crippen molar-refractivity contribution in [2.75, 3.05) is 12.9 Å². The Bertz CT molecular complexity index is 1650. The average Bonchev–Trinajstić information content (AvgIpc) is 3.45. The maximum Gasteiger partial charge on any atom is 0.175 e. The van der Waals surface area contributed by atoms with Crippen LogP contribution in [-0.2, 0) is 15.4 Å². The highest BCUT2D eigenvalue weighted by Crippen LogP contribution is 2.35. The van der Waals surface area contributed by atoms with Gasteiger partial charge in [-0.05, 0) is 82.6 Å². The summed E-state index contributed by atoms with van der Waals surface area (Å²) < 4.78 is 23.9. The summed E-state index contributed by atoms with van der Waals surface area (Å²) in [5.74, 6) is 0. The summed E-state index contributed by atoms with van der Waals surface area (Å²) in [6.07, 6.45) is 6.95. The van der Waals surface area contributed by atoms with Gasteiger partial charge in [0.25, 0.3) is 0 Å². The molecule has 3 aromatic carbocycles. The van der Waals surface area contributed by atoms with Gasteiger partial charge in [-0.25, -0.2) is 8.42 Å². The van der Waals surface area contributed by atoms with E-state index in [1.54, 1.807) is 37.0 Å². The van der Waals surface area contributed by atoms with E-state index in [4.69, 9.17) is 0 Å². The third kappa shape index (κ3) is 5.39. The minimum Gasteiger partial charge on any atom is -0.393 e.